The molecule has 0 amide bonds. The molecule has 1 N–H and O–H groups in total. The van der Waals surface area contributed by atoms with Gasteiger partial charge in [-0.3, -0.25) is 0 Å². The zero-order valence-corrected chi connectivity index (χ0v) is 10.2. The molecule has 0 aliphatic heterocycles. The molecule has 1 aromatic rings. The highest BCUT2D eigenvalue weighted by molar-refractivity contribution is 5.51. The van der Waals surface area contributed by atoms with Crippen LogP contribution < -0.4 is 4.74 Å². The number of benzene rings is 1. The van der Waals surface area contributed by atoms with E-state index in [1.165, 1.54) is 0 Å². The Labute approximate surface area is 91.9 Å². The predicted octanol–water partition coefficient (Wildman–Crippen LogP) is 3.36. The van der Waals surface area contributed by atoms with Crippen LogP contribution in [0.1, 0.15) is 37.5 Å². The molecule has 1 rings (SSSR count). The summed E-state index contributed by atoms with van der Waals surface area (Å²) in [6.07, 6.45) is 0.985. The Kier molecular flexibility index (Phi) is 3.61. The highest BCUT2D eigenvalue weighted by atomic mass is 16.5. The van der Waals surface area contributed by atoms with Gasteiger partial charge in [-0.05, 0) is 56.9 Å². The number of phenols is 1. The fourth-order valence-corrected chi connectivity index (χ4v) is 1.58. The molecule has 0 saturated carbocycles. The van der Waals surface area contributed by atoms with Crippen molar-refractivity contribution in [3.05, 3.63) is 22.8 Å². The van der Waals surface area contributed by atoms with Crippen LogP contribution in [0.25, 0.3) is 0 Å². The minimum atomic E-state index is 0.164. The first-order chi connectivity index (χ1) is 6.97. The van der Waals surface area contributed by atoms with Crippen LogP contribution in [0.4, 0.5) is 0 Å². The van der Waals surface area contributed by atoms with E-state index in [-0.39, 0.29) is 6.10 Å². The van der Waals surface area contributed by atoms with E-state index in [2.05, 4.69) is 0 Å². The molecule has 0 fully saturated rings. The Morgan fingerprint density at radius 1 is 1.27 bits per heavy atom. The highest BCUT2D eigenvalue weighted by Crippen LogP contribution is 2.33. The Bertz CT molecular complexity index is 354. The van der Waals surface area contributed by atoms with Crippen LogP contribution in [0.3, 0.4) is 0 Å². The van der Waals surface area contributed by atoms with Crippen molar-refractivity contribution in [3.63, 3.8) is 0 Å². The SMILES string of the molecule is CCc1cc(OC(C)C)c(C)c(C)c1O. The number of ether oxygens (including phenoxy) is 1. The molecule has 0 heterocycles. The Morgan fingerprint density at radius 2 is 1.87 bits per heavy atom. The molecular weight excluding hydrogens is 188 g/mol. The number of aromatic hydroxyl groups is 1. The zero-order valence-electron chi connectivity index (χ0n) is 10.2. The van der Waals surface area contributed by atoms with E-state index < -0.39 is 0 Å². The molecule has 2 nitrogen and oxygen atoms in total. The van der Waals surface area contributed by atoms with E-state index in [4.69, 9.17) is 4.74 Å². The van der Waals surface area contributed by atoms with Crippen molar-refractivity contribution in [1.29, 1.82) is 0 Å². The number of aryl methyl sites for hydroxylation is 1. The third kappa shape index (κ3) is 2.44. The molecule has 2 heteroatoms. The Balaban J connectivity index is 3.22. The van der Waals surface area contributed by atoms with Crippen LogP contribution in [-0.2, 0) is 6.42 Å². The second kappa shape index (κ2) is 4.56. The average Bonchev–Trinajstić information content (AvgIpc) is 2.18. The average molecular weight is 208 g/mol. The van der Waals surface area contributed by atoms with Crippen molar-refractivity contribution in [1.82, 2.24) is 0 Å². The van der Waals surface area contributed by atoms with E-state index in [1.807, 2.05) is 40.7 Å². The summed E-state index contributed by atoms with van der Waals surface area (Å²) >= 11 is 0. The molecule has 0 radical (unpaired) electrons. The largest absolute Gasteiger partial charge is 0.507 e. The van der Waals surface area contributed by atoms with Crippen molar-refractivity contribution in [2.24, 2.45) is 0 Å². The van der Waals surface area contributed by atoms with Crippen molar-refractivity contribution < 1.29 is 9.84 Å². The van der Waals surface area contributed by atoms with Crippen LogP contribution in [0.5, 0.6) is 11.5 Å². The van der Waals surface area contributed by atoms with Gasteiger partial charge in [-0.15, -0.1) is 0 Å². The van der Waals surface area contributed by atoms with E-state index in [1.54, 1.807) is 0 Å². The van der Waals surface area contributed by atoms with Gasteiger partial charge in [0.05, 0.1) is 6.10 Å². The summed E-state index contributed by atoms with van der Waals surface area (Å²) in [5.74, 6) is 1.29. The second-order valence-electron chi connectivity index (χ2n) is 4.15. The standard InChI is InChI=1S/C13H20O2/c1-6-11-7-12(15-8(2)3)9(4)10(5)13(11)14/h7-8,14H,6H2,1-5H3. The summed E-state index contributed by atoms with van der Waals surface area (Å²) in [4.78, 5) is 0. The molecule has 0 bridgehead atoms. The fraction of sp³-hybridized carbons (Fsp3) is 0.538. The maximum absolute atomic E-state index is 9.88. The summed E-state index contributed by atoms with van der Waals surface area (Å²) < 4.78 is 5.71. The lowest BCUT2D eigenvalue weighted by atomic mass is 10.0. The molecule has 0 atom stereocenters. The van der Waals surface area contributed by atoms with Gasteiger partial charge in [0.15, 0.2) is 0 Å². The van der Waals surface area contributed by atoms with E-state index in [9.17, 15) is 5.11 Å². The minimum Gasteiger partial charge on any atom is -0.507 e. The van der Waals surface area contributed by atoms with Gasteiger partial charge in [0.2, 0.25) is 0 Å². The maximum Gasteiger partial charge on any atom is 0.123 e. The van der Waals surface area contributed by atoms with E-state index >= 15 is 0 Å². The van der Waals surface area contributed by atoms with Gasteiger partial charge < -0.3 is 9.84 Å². The first-order valence-electron chi connectivity index (χ1n) is 5.46. The third-order valence-electron chi connectivity index (χ3n) is 2.64. The molecule has 84 valence electrons. The van der Waals surface area contributed by atoms with Gasteiger partial charge in [-0.25, -0.2) is 0 Å². The molecule has 0 spiro atoms. The van der Waals surface area contributed by atoms with Crippen LogP contribution in [-0.4, -0.2) is 11.2 Å². The fourth-order valence-electron chi connectivity index (χ4n) is 1.58. The second-order valence-corrected chi connectivity index (χ2v) is 4.15. The van der Waals surface area contributed by atoms with Gasteiger partial charge in [0.25, 0.3) is 0 Å². The Hall–Kier alpha value is -1.18. The summed E-state index contributed by atoms with van der Waals surface area (Å²) in [6.45, 7) is 9.95. The van der Waals surface area contributed by atoms with Crippen molar-refractivity contribution in [3.8, 4) is 11.5 Å². The molecular formula is C13H20O2. The molecule has 15 heavy (non-hydrogen) atoms. The first kappa shape index (κ1) is 11.9. The van der Waals surface area contributed by atoms with Crippen LogP contribution >= 0.6 is 0 Å². The highest BCUT2D eigenvalue weighted by Gasteiger charge is 2.12. The zero-order chi connectivity index (χ0) is 11.6. The van der Waals surface area contributed by atoms with Gasteiger partial charge in [0.1, 0.15) is 11.5 Å². The quantitative estimate of drug-likeness (QED) is 0.825. The molecule has 1 aromatic carbocycles. The topological polar surface area (TPSA) is 29.5 Å². The van der Waals surface area contributed by atoms with Crippen LogP contribution in [0.2, 0.25) is 0 Å². The lowest BCUT2D eigenvalue weighted by molar-refractivity contribution is 0.240. The van der Waals surface area contributed by atoms with Gasteiger partial charge in [-0.2, -0.15) is 0 Å². The predicted molar refractivity (Wildman–Crippen MR) is 62.7 cm³/mol. The summed E-state index contributed by atoms with van der Waals surface area (Å²) in [6, 6.07) is 1.94. The monoisotopic (exact) mass is 208 g/mol. The van der Waals surface area contributed by atoms with Crippen molar-refractivity contribution in [2.45, 2.75) is 47.1 Å². The molecule has 0 unspecified atom stereocenters. The number of phenolic OH excluding ortho intramolecular Hbond substituents is 1. The van der Waals surface area contributed by atoms with Gasteiger partial charge in [0, 0.05) is 0 Å². The number of rotatable bonds is 3. The summed E-state index contributed by atoms with van der Waals surface area (Å²) in [5.41, 5.74) is 2.90. The lowest BCUT2D eigenvalue weighted by Gasteiger charge is -2.17. The van der Waals surface area contributed by atoms with Crippen molar-refractivity contribution >= 4 is 0 Å². The third-order valence-corrected chi connectivity index (χ3v) is 2.64. The summed E-state index contributed by atoms with van der Waals surface area (Å²) in [5, 5.41) is 9.88. The summed E-state index contributed by atoms with van der Waals surface area (Å²) in [7, 11) is 0. The maximum atomic E-state index is 9.88. The first-order valence-corrected chi connectivity index (χ1v) is 5.46. The lowest BCUT2D eigenvalue weighted by Crippen LogP contribution is -2.07. The molecule has 0 aliphatic carbocycles. The smallest absolute Gasteiger partial charge is 0.123 e. The normalized spacial score (nSPS) is 10.8. The number of hydrogen-bond acceptors (Lipinski definition) is 2. The minimum absolute atomic E-state index is 0.164. The van der Waals surface area contributed by atoms with Crippen molar-refractivity contribution in [2.75, 3.05) is 0 Å². The van der Waals surface area contributed by atoms with Gasteiger partial charge in [-0.1, -0.05) is 6.92 Å². The van der Waals surface area contributed by atoms with Crippen LogP contribution in [0, 0.1) is 13.8 Å². The molecule has 0 aliphatic rings. The Morgan fingerprint density at radius 3 is 2.33 bits per heavy atom. The van der Waals surface area contributed by atoms with Crippen LogP contribution in [0.15, 0.2) is 6.07 Å². The molecule has 0 saturated heterocycles. The number of hydrogen-bond donors (Lipinski definition) is 1. The van der Waals surface area contributed by atoms with Gasteiger partial charge >= 0.3 is 0 Å². The van der Waals surface area contributed by atoms with E-state index in [0.29, 0.717) is 5.75 Å². The molecule has 0 aromatic heterocycles. The van der Waals surface area contributed by atoms with E-state index in [0.717, 1.165) is 28.9 Å².